The summed E-state index contributed by atoms with van der Waals surface area (Å²) in [5.74, 6) is -0.369. The molecule has 8 nitrogen and oxygen atoms in total. The van der Waals surface area contributed by atoms with E-state index < -0.39 is 17.7 Å². The number of hydrogen-bond acceptors (Lipinski definition) is 7. The lowest BCUT2D eigenvalue weighted by Gasteiger charge is -2.27. The Morgan fingerprint density at radius 3 is 2.29 bits per heavy atom. The summed E-state index contributed by atoms with van der Waals surface area (Å²) in [5.41, 5.74) is 0.790. The second-order valence-corrected chi connectivity index (χ2v) is 8.51. The third kappa shape index (κ3) is 4.98. The number of hydrogen-bond donors (Lipinski definition) is 1. The second kappa shape index (κ2) is 10.8. The number of carbonyl (C=O) groups excluding carboxylic acids is 2. The number of Topliss-reactive ketones (excluding diaryl/α,β-unsaturated/α-hetero) is 1. The van der Waals surface area contributed by atoms with Gasteiger partial charge in [-0.25, -0.2) is 0 Å². The number of rotatable bonds is 9. The van der Waals surface area contributed by atoms with Crippen molar-refractivity contribution in [3.8, 4) is 17.2 Å². The number of aliphatic hydroxyl groups excluding tert-OH is 1. The second-order valence-electron chi connectivity index (χ2n) is 8.11. The molecule has 1 saturated heterocycles. The zero-order valence-corrected chi connectivity index (χ0v) is 20.7. The fourth-order valence-electron chi connectivity index (χ4n) is 4.01. The highest BCUT2D eigenvalue weighted by Crippen LogP contribution is 2.44. The van der Waals surface area contributed by atoms with Gasteiger partial charge >= 0.3 is 0 Å². The van der Waals surface area contributed by atoms with E-state index in [-0.39, 0.29) is 16.4 Å². The highest BCUT2D eigenvalue weighted by molar-refractivity contribution is 6.46. The number of carbonyl (C=O) groups is 2. The van der Waals surface area contributed by atoms with Gasteiger partial charge in [0.15, 0.2) is 0 Å². The van der Waals surface area contributed by atoms with Gasteiger partial charge in [-0.3, -0.25) is 9.59 Å². The van der Waals surface area contributed by atoms with Crippen molar-refractivity contribution in [2.75, 3.05) is 48.5 Å². The molecule has 1 amide bonds. The van der Waals surface area contributed by atoms with E-state index in [1.807, 2.05) is 19.0 Å². The Balaban J connectivity index is 2.20. The highest BCUT2D eigenvalue weighted by Gasteiger charge is 2.47. The molecule has 0 aromatic heterocycles. The summed E-state index contributed by atoms with van der Waals surface area (Å²) in [6.45, 7) is 1.03. The van der Waals surface area contributed by atoms with E-state index in [9.17, 15) is 14.7 Å². The molecule has 34 heavy (non-hydrogen) atoms. The van der Waals surface area contributed by atoms with Crippen LogP contribution in [0, 0.1) is 0 Å². The summed E-state index contributed by atoms with van der Waals surface area (Å²) in [5, 5.41) is 11.5. The molecular weight excluding hydrogens is 460 g/mol. The van der Waals surface area contributed by atoms with Gasteiger partial charge in [-0.1, -0.05) is 11.6 Å². The van der Waals surface area contributed by atoms with E-state index in [2.05, 4.69) is 0 Å². The molecule has 0 radical (unpaired) electrons. The lowest BCUT2D eigenvalue weighted by molar-refractivity contribution is -0.140. The summed E-state index contributed by atoms with van der Waals surface area (Å²) in [6.07, 6.45) is 0.636. The van der Waals surface area contributed by atoms with Crippen molar-refractivity contribution in [2.24, 2.45) is 0 Å². The van der Waals surface area contributed by atoms with Crippen LogP contribution in [0.25, 0.3) is 5.76 Å². The number of halogens is 1. The Labute approximate surface area is 204 Å². The van der Waals surface area contributed by atoms with E-state index in [0.717, 1.165) is 6.54 Å². The lowest BCUT2D eigenvalue weighted by atomic mass is 9.94. The van der Waals surface area contributed by atoms with Crippen LogP contribution in [-0.4, -0.2) is 75.1 Å². The third-order valence-corrected chi connectivity index (χ3v) is 6.00. The Kier molecular flexibility index (Phi) is 8.06. The molecule has 1 fully saturated rings. The third-order valence-electron chi connectivity index (χ3n) is 5.70. The Morgan fingerprint density at radius 1 is 1.03 bits per heavy atom. The Hall–Kier alpha value is -3.23. The number of ketones is 1. The van der Waals surface area contributed by atoms with Gasteiger partial charge in [-0.2, -0.15) is 0 Å². The summed E-state index contributed by atoms with van der Waals surface area (Å²) in [4.78, 5) is 29.8. The maximum atomic E-state index is 13.2. The topological polar surface area (TPSA) is 88.5 Å². The molecule has 0 bridgehead atoms. The minimum Gasteiger partial charge on any atom is -0.507 e. The molecule has 1 aliphatic rings. The van der Waals surface area contributed by atoms with Crippen molar-refractivity contribution in [1.29, 1.82) is 0 Å². The fraction of sp³-hybridized carbons (Fsp3) is 0.360. The average molecular weight is 489 g/mol. The van der Waals surface area contributed by atoms with Crippen LogP contribution in [-0.2, 0) is 9.59 Å². The number of likely N-dealkylation sites (tertiary alicyclic amines) is 1. The molecule has 2 aromatic rings. The van der Waals surface area contributed by atoms with Crippen molar-refractivity contribution < 1.29 is 28.9 Å². The SMILES string of the molecule is COc1ccc(OC)c([C@H]2C(=C(O)c3ccc(OC)c(Cl)c3)C(=O)C(=O)N2CCCN(C)C)c1. The van der Waals surface area contributed by atoms with Crippen LogP contribution in [0.15, 0.2) is 42.0 Å². The summed E-state index contributed by atoms with van der Waals surface area (Å²) < 4.78 is 16.1. The average Bonchev–Trinajstić information content (AvgIpc) is 3.07. The molecule has 9 heteroatoms. The van der Waals surface area contributed by atoms with Gasteiger partial charge < -0.3 is 29.1 Å². The molecular formula is C25H29ClN2O6. The van der Waals surface area contributed by atoms with Crippen LogP contribution in [0.2, 0.25) is 5.02 Å². The first-order valence-corrected chi connectivity index (χ1v) is 11.1. The van der Waals surface area contributed by atoms with Gasteiger partial charge in [0.2, 0.25) is 0 Å². The number of nitrogens with zero attached hydrogens (tertiary/aromatic N) is 2. The zero-order chi connectivity index (χ0) is 25.0. The highest BCUT2D eigenvalue weighted by atomic mass is 35.5. The number of amides is 1. The number of aliphatic hydroxyl groups is 1. The van der Waals surface area contributed by atoms with Crippen LogP contribution in [0.4, 0.5) is 0 Å². The summed E-state index contributed by atoms with van der Waals surface area (Å²) in [6, 6.07) is 8.94. The first-order chi connectivity index (χ1) is 16.2. The molecule has 0 unspecified atom stereocenters. The first-order valence-electron chi connectivity index (χ1n) is 10.7. The molecule has 1 atom stereocenters. The van der Waals surface area contributed by atoms with Crippen molar-refractivity contribution in [3.63, 3.8) is 0 Å². The molecule has 0 saturated carbocycles. The predicted molar refractivity (Wildman–Crippen MR) is 130 cm³/mol. The van der Waals surface area contributed by atoms with Crippen LogP contribution in [0.3, 0.4) is 0 Å². The van der Waals surface area contributed by atoms with E-state index in [4.69, 9.17) is 25.8 Å². The molecule has 0 spiro atoms. The molecule has 1 heterocycles. The molecule has 182 valence electrons. The number of ether oxygens (including phenoxy) is 3. The quantitative estimate of drug-likeness (QED) is 0.327. The smallest absolute Gasteiger partial charge is 0.295 e. The maximum absolute atomic E-state index is 13.2. The molecule has 2 aromatic carbocycles. The van der Waals surface area contributed by atoms with Crippen LogP contribution in [0.1, 0.15) is 23.6 Å². The Bertz CT molecular complexity index is 1110. The van der Waals surface area contributed by atoms with Gasteiger partial charge in [0, 0.05) is 17.7 Å². The van der Waals surface area contributed by atoms with Crippen molar-refractivity contribution >= 4 is 29.1 Å². The standard InChI is InChI=1S/C25H29ClN2O6/c1-27(2)11-6-12-28-22(17-14-16(32-3)8-10-19(17)33-4)21(24(30)25(28)31)23(29)15-7-9-20(34-5)18(26)13-15/h7-10,13-14,22,29H,6,11-12H2,1-5H3/t22-/m0/s1. The van der Waals surface area contributed by atoms with Crippen LogP contribution >= 0.6 is 11.6 Å². The molecule has 3 rings (SSSR count). The normalized spacial score (nSPS) is 17.4. The summed E-state index contributed by atoms with van der Waals surface area (Å²) in [7, 11) is 8.38. The van der Waals surface area contributed by atoms with E-state index >= 15 is 0 Å². The predicted octanol–water partition coefficient (Wildman–Crippen LogP) is 3.74. The Morgan fingerprint density at radius 2 is 1.71 bits per heavy atom. The lowest BCUT2D eigenvalue weighted by Crippen LogP contribution is -2.32. The van der Waals surface area contributed by atoms with E-state index in [1.54, 1.807) is 30.3 Å². The maximum Gasteiger partial charge on any atom is 0.295 e. The van der Waals surface area contributed by atoms with Gasteiger partial charge in [0.25, 0.3) is 11.7 Å². The largest absolute Gasteiger partial charge is 0.507 e. The van der Waals surface area contributed by atoms with Crippen molar-refractivity contribution in [3.05, 3.63) is 58.1 Å². The van der Waals surface area contributed by atoms with Crippen molar-refractivity contribution in [2.45, 2.75) is 12.5 Å². The van der Waals surface area contributed by atoms with Gasteiger partial charge in [0.1, 0.15) is 23.0 Å². The molecule has 0 aliphatic carbocycles. The van der Waals surface area contributed by atoms with Gasteiger partial charge in [-0.15, -0.1) is 0 Å². The van der Waals surface area contributed by atoms with Gasteiger partial charge in [0.05, 0.1) is 38.0 Å². The zero-order valence-electron chi connectivity index (χ0n) is 19.9. The fourth-order valence-corrected chi connectivity index (χ4v) is 4.27. The number of benzene rings is 2. The number of methoxy groups -OCH3 is 3. The van der Waals surface area contributed by atoms with E-state index in [1.165, 1.54) is 32.3 Å². The van der Waals surface area contributed by atoms with Crippen LogP contribution < -0.4 is 14.2 Å². The molecule has 1 N–H and O–H groups in total. The monoisotopic (exact) mass is 488 g/mol. The summed E-state index contributed by atoms with van der Waals surface area (Å²) >= 11 is 6.25. The minimum atomic E-state index is -0.868. The minimum absolute atomic E-state index is 0.0392. The molecule has 1 aliphatic heterocycles. The van der Waals surface area contributed by atoms with Gasteiger partial charge in [-0.05, 0) is 63.5 Å². The van der Waals surface area contributed by atoms with Crippen molar-refractivity contribution in [1.82, 2.24) is 9.80 Å². The first kappa shape index (κ1) is 25.4. The van der Waals surface area contributed by atoms with Crippen LogP contribution in [0.5, 0.6) is 17.2 Å². The van der Waals surface area contributed by atoms with E-state index in [0.29, 0.717) is 41.3 Å².